The molecule has 0 saturated carbocycles. The Hall–Kier alpha value is -2.92. The molecule has 2 aromatic carbocycles. The average molecular weight is 381 g/mol. The monoisotopic (exact) mass is 380 g/mol. The van der Waals surface area contributed by atoms with E-state index >= 15 is 0 Å². The summed E-state index contributed by atoms with van der Waals surface area (Å²) in [6, 6.07) is 18.7. The van der Waals surface area contributed by atoms with Crippen LogP contribution in [0.1, 0.15) is 35.8 Å². The number of anilines is 2. The molecule has 5 nitrogen and oxygen atoms in total. The molecule has 0 fully saturated rings. The van der Waals surface area contributed by atoms with E-state index in [1.54, 1.807) is 41.4 Å². The van der Waals surface area contributed by atoms with Crippen molar-refractivity contribution in [3.8, 4) is 0 Å². The maximum atomic E-state index is 12.9. The quantitative estimate of drug-likeness (QED) is 0.655. The zero-order valence-corrected chi connectivity index (χ0v) is 16.0. The molecule has 0 aliphatic rings. The minimum atomic E-state index is -0.152. The maximum Gasteiger partial charge on any atom is 0.259 e. The zero-order valence-electron chi connectivity index (χ0n) is 15.3. The second kappa shape index (κ2) is 8.64. The van der Waals surface area contributed by atoms with Gasteiger partial charge in [-0.2, -0.15) is 4.98 Å². The van der Waals surface area contributed by atoms with Crippen LogP contribution in [-0.4, -0.2) is 22.4 Å². The SMILES string of the molecule is CCN(C(=O)c1cccc(Cl)c1)c1ccnc(N[C@@H](C)c2ccccc2)n1. The lowest BCUT2D eigenvalue weighted by atomic mass is 10.1. The second-order valence-electron chi connectivity index (χ2n) is 6.07. The van der Waals surface area contributed by atoms with Crippen molar-refractivity contribution in [1.29, 1.82) is 0 Å². The lowest BCUT2D eigenvalue weighted by Gasteiger charge is -2.21. The van der Waals surface area contributed by atoms with Crippen molar-refractivity contribution >= 4 is 29.3 Å². The summed E-state index contributed by atoms with van der Waals surface area (Å²) in [7, 11) is 0. The Balaban J connectivity index is 1.81. The standard InChI is InChI=1S/C21H21ClN4O/c1-3-26(20(27)17-10-7-11-18(22)14-17)19-12-13-23-21(25-19)24-15(2)16-8-5-4-6-9-16/h4-15H,3H2,1-2H3,(H,23,24,25)/t15-/m0/s1. The minimum Gasteiger partial charge on any atom is -0.348 e. The smallest absolute Gasteiger partial charge is 0.259 e. The van der Waals surface area contributed by atoms with Crippen LogP contribution in [-0.2, 0) is 0 Å². The van der Waals surface area contributed by atoms with Gasteiger partial charge in [-0.15, -0.1) is 0 Å². The van der Waals surface area contributed by atoms with E-state index < -0.39 is 0 Å². The summed E-state index contributed by atoms with van der Waals surface area (Å²) in [4.78, 5) is 23.3. The first-order valence-corrected chi connectivity index (χ1v) is 9.18. The van der Waals surface area contributed by atoms with Gasteiger partial charge in [-0.1, -0.05) is 48.0 Å². The first-order valence-electron chi connectivity index (χ1n) is 8.80. The van der Waals surface area contributed by atoms with Crippen molar-refractivity contribution in [2.24, 2.45) is 0 Å². The van der Waals surface area contributed by atoms with Gasteiger partial charge in [0.15, 0.2) is 0 Å². The Morgan fingerprint density at radius 1 is 1.15 bits per heavy atom. The number of rotatable bonds is 6. The van der Waals surface area contributed by atoms with E-state index in [9.17, 15) is 4.79 Å². The van der Waals surface area contributed by atoms with Gasteiger partial charge in [0.2, 0.25) is 5.95 Å². The highest BCUT2D eigenvalue weighted by Gasteiger charge is 2.18. The van der Waals surface area contributed by atoms with Crippen molar-refractivity contribution in [3.63, 3.8) is 0 Å². The molecule has 27 heavy (non-hydrogen) atoms. The third-order valence-corrected chi connectivity index (χ3v) is 4.43. The van der Waals surface area contributed by atoms with Crippen LogP contribution in [0.5, 0.6) is 0 Å². The zero-order chi connectivity index (χ0) is 19.2. The summed E-state index contributed by atoms with van der Waals surface area (Å²) >= 11 is 6.02. The Morgan fingerprint density at radius 3 is 2.63 bits per heavy atom. The highest BCUT2D eigenvalue weighted by Crippen LogP contribution is 2.20. The van der Waals surface area contributed by atoms with Gasteiger partial charge in [0, 0.05) is 23.3 Å². The van der Waals surface area contributed by atoms with E-state index in [0.29, 0.717) is 28.9 Å². The second-order valence-corrected chi connectivity index (χ2v) is 6.51. The van der Waals surface area contributed by atoms with Crippen molar-refractivity contribution in [1.82, 2.24) is 9.97 Å². The van der Waals surface area contributed by atoms with E-state index in [1.165, 1.54) is 0 Å². The fourth-order valence-corrected chi connectivity index (χ4v) is 2.97. The van der Waals surface area contributed by atoms with Gasteiger partial charge in [0.25, 0.3) is 5.91 Å². The van der Waals surface area contributed by atoms with Crippen LogP contribution in [0.15, 0.2) is 66.9 Å². The molecule has 6 heteroatoms. The molecule has 0 radical (unpaired) electrons. The first kappa shape index (κ1) is 18.9. The van der Waals surface area contributed by atoms with Gasteiger partial charge >= 0.3 is 0 Å². The third-order valence-electron chi connectivity index (χ3n) is 4.20. The van der Waals surface area contributed by atoms with E-state index in [4.69, 9.17) is 11.6 Å². The molecular weight excluding hydrogens is 360 g/mol. The summed E-state index contributed by atoms with van der Waals surface area (Å²) in [5, 5.41) is 3.81. The molecule has 3 rings (SSSR count). The lowest BCUT2D eigenvalue weighted by molar-refractivity contribution is 0.0987. The molecule has 0 bridgehead atoms. The number of carbonyl (C=O) groups is 1. The number of amides is 1. The number of aromatic nitrogens is 2. The first-order chi connectivity index (χ1) is 13.1. The predicted molar refractivity (Wildman–Crippen MR) is 109 cm³/mol. The highest BCUT2D eigenvalue weighted by atomic mass is 35.5. The summed E-state index contributed by atoms with van der Waals surface area (Å²) in [6.07, 6.45) is 1.65. The Labute approximate surface area is 164 Å². The van der Waals surface area contributed by atoms with Gasteiger partial charge in [0.1, 0.15) is 5.82 Å². The van der Waals surface area contributed by atoms with Gasteiger partial charge in [0.05, 0.1) is 6.04 Å². The van der Waals surface area contributed by atoms with Gasteiger partial charge in [-0.05, 0) is 43.7 Å². The lowest BCUT2D eigenvalue weighted by Crippen LogP contribution is -2.31. The molecule has 0 spiro atoms. The number of nitrogens with one attached hydrogen (secondary N) is 1. The number of nitrogens with zero attached hydrogens (tertiary/aromatic N) is 3. The predicted octanol–water partition coefficient (Wildman–Crippen LogP) is 4.97. The normalized spacial score (nSPS) is 11.7. The van der Waals surface area contributed by atoms with Crippen molar-refractivity contribution in [2.75, 3.05) is 16.8 Å². The fraction of sp³-hybridized carbons (Fsp3) is 0.190. The van der Waals surface area contributed by atoms with Crippen LogP contribution in [0, 0.1) is 0 Å². The van der Waals surface area contributed by atoms with E-state index in [2.05, 4.69) is 15.3 Å². The molecule has 1 N–H and O–H groups in total. The number of hydrogen-bond acceptors (Lipinski definition) is 4. The van der Waals surface area contributed by atoms with Crippen molar-refractivity contribution in [3.05, 3.63) is 83.0 Å². The average Bonchev–Trinajstić information content (AvgIpc) is 2.69. The van der Waals surface area contributed by atoms with Crippen LogP contribution in [0.4, 0.5) is 11.8 Å². The Bertz CT molecular complexity index is 917. The molecule has 1 atom stereocenters. The molecule has 0 aliphatic carbocycles. The molecule has 3 aromatic rings. The van der Waals surface area contributed by atoms with Crippen molar-refractivity contribution in [2.45, 2.75) is 19.9 Å². The van der Waals surface area contributed by atoms with Gasteiger partial charge < -0.3 is 5.32 Å². The van der Waals surface area contributed by atoms with E-state index in [-0.39, 0.29) is 11.9 Å². The van der Waals surface area contributed by atoms with E-state index in [1.807, 2.05) is 44.2 Å². The molecule has 0 unspecified atom stereocenters. The van der Waals surface area contributed by atoms with Crippen LogP contribution >= 0.6 is 11.6 Å². The Morgan fingerprint density at radius 2 is 1.93 bits per heavy atom. The molecule has 138 valence electrons. The van der Waals surface area contributed by atoms with Crippen LogP contribution in [0.3, 0.4) is 0 Å². The van der Waals surface area contributed by atoms with Crippen LogP contribution in [0.2, 0.25) is 5.02 Å². The van der Waals surface area contributed by atoms with Gasteiger partial charge in [-0.3, -0.25) is 9.69 Å². The number of carbonyl (C=O) groups excluding carboxylic acids is 1. The number of benzene rings is 2. The highest BCUT2D eigenvalue weighted by molar-refractivity contribution is 6.31. The minimum absolute atomic E-state index is 0.0418. The number of hydrogen-bond donors (Lipinski definition) is 1. The summed E-state index contributed by atoms with van der Waals surface area (Å²) < 4.78 is 0. The maximum absolute atomic E-state index is 12.9. The molecule has 1 amide bonds. The summed E-state index contributed by atoms with van der Waals surface area (Å²) in [5.41, 5.74) is 1.66. The summed E-state index contributed by atoms with van der Waals surface area (Å²) in [5.74, 6) is 0.863. The topological polar surface area (TPSA) is 58.1 Å². The fourth-order valence-electron chi connectivity index (χ4n) is 2.77. The summed E-state index contributed by atoms with van der Waals surface area (Å²) in [6.45, 7) is 4.43. The molecule has 1 heterocycles. The largest absolute Gasteiger partial charge is 0.348 e. The number of halogens is 1. The molecule has 1 aromatic heterocycles. The van der Waals surface area contributed by atoms with Crippen LogP contribution < -0.4 is 10.2 Å². The van der Waals surface area contributed by atoms with Gasteiger partial charge in [-0.25, -0.2) is 4.98 Å². The molecular formula is C21H21ClN4O. The molecule has 0 aliphatic heterocycles. The third kappa shape index (κ3) is 4.63. The Kier molecular flexibility index (Phi) is 6.04. The van der Waals surface area contributed by atoms with E-state index in [0.717, 1.165) is 5.56 Å². The van der Waals surface area contributed by atoms with Crippen molar-refractivity contribution < 1.29 is 4.79 Å². The molecule has 0 saturated heterocycles. The van der Waals surface area contributed by atoms with Crippen LogP contribution in [0.25, 0.3) is 0 Å².